The highest BCUT2D eigenvalue weighted by Gasteiger charge is 2.11. The summed E-state index contributed by atoms with van der Waals surface area (Å²) < 4.78 is 5.24. The van der Waals surface area contributed by atoms with Crippen molar-refractivity contribution in [1.82, 2.24) is 5.32 Å². The van der Waals surface area contributed by atoms with E-state index in [0.717, 1.165) is 21.2 Å². The number of hydrogen-bond acceptors (Lipinski definition) is 3. The number of nitrogens with one attached hydrogen (secondary N) is 1. The SMILES string of the molecule is CNC(C)c1ccc(-c2cc(OC)ccc2Cl)s1. The summed E-state index contributed by atoms with van der Waals surface area (Å²) in [6.45, 7) is 2.14. The molecule has 4 heteroatoms. The molecule has 0 aliphatic heterocycles. The Morgan fingerprint density at radius 2 is 2.06 bits per heavy atom. The van der Waals surface area contributed by atoms with Gasteiger partial charge in [0, 0.05) is 26.4 Å². The van der Waals surface area contributed by atoms with Gasteiger partial charge in [-0.2, -0.15) is 0 Å². The third-order valence-electron chi connectivity index (χ3n) is 2.93. The predicted octanol–water partition coefficient (Wildman–Crippen LogP) is 4.36. The molecule has 2 aromatic rings. The first-order chi connectivity index (χ1) is 8.65. The molecule has 2 rings (SSSR count). The van der Waals surface area contributed by atoms with Crippen molar-refractivity contribution < 1.29 is 4.74 Å². The Balaban J connectivity index is 2.39. The minimum absolute atomic E-state index is 0.355. The van der Waals surface area contributed by atoms with Gasteiger partial charge in [-0.15, -0.1) is 11.3 Å². The van der Waals surface area contributed by atoms with Gasteiger partial charge < -0.3 is 10.1 Å². The predicted molar refractivity (Wildman–Crippen MR) is 78.8 cm³/mol. The molecule has 0 fully saturated rings. The van der Waals surface area contributed by atoms with Gasteiger partial charge in [0.1, 0.15) is 5.75 Å². The van der Waals surface area contributed by atoms with Gasteiger partial charge in [0.25, 0.3) is 0 Å². The molecule has 0 radical (unpaired) electrons. The first-order valence-electron chi connectivity index (χ1n) is 5.76. The highest BCUT2D eigenvalue weighted by molar-refractivity contribution is 7.15. The van der Waals surface area contributed by atoms with Gasteiger partial charge in [-0.3, -0.25) is 0 Å². The molecule has 96 valence electrons. The van der Waals surface area contributed by atoms with E-state index in [-0.39, 0.29) is 0 Å². The van der Waals surface area contributed by atoms with Crippen LogP contribution in [0.3, 0.4) is 0 Å². The zero-order chi connectivity index (χ0) is 13.1. The van der Waals surface area contributed by atoms with Crippen molar-refractivity contribution in [3.8, 4) is 16.2 Å². The summed E-state index contributed by atoms with van der Waals surface area (Å²) in [7, 11) is 3.62. The molecule has 1 aromatic carbocycles. The van der Waals surface area contributed by atoms with Crippen molar-refractivity contribution in [2.75, 3.05) is 14.2 Å². The first kappa shape index (κ1) is 13.4. The van der Waals surface area contributed by atoms with E-state index in [1.54, 1.807) is 18.4 Å². The van der Waals surface area contributed by atoms with E-state index in [0.29, 0.717) is 6.04 Å². The Morgan fingerprint density at radius 1 is 1.28 bits per heavy atom. The second-order valence-corrected chi connectivity index (χ2v) is 5.58. The van der Waals surface area contributed by atoms with Crippen molar-refractivity contribution in [3.63, 3.8) is 0 Å². The van der Waals surface area contributed by atoms with Crippen LogP contribution < -0.4 is 10.1 Å². The Hall–Kier alpha value is -1.03. The highest BCUT2D eigenvalue weighted by atomic mass is 35.5. The molecule has 0 bridgehead atoms. The monoisotopic (exact) mass is 281 g/mol. The number of ether oxygens (including phenoxy) is 1. The minimum atomic E-state index is 0.355. The van der Waals surface area contributed by atoms with Crippen molar-refractivity contribution in [2.24, 2.45) is 0 Å². The van der Waals surface area contributed by atoms with Crippen molar-refractivity contribution in [2.45, 2.75) is 13.0 Å². The van der Waals surface area contributed by atoms with Gasteiger partial charge in [0.05, 0.1) is 7.11 Å². The van der Waals surface area contributed by atoms with Crippen LogP contribution in [-0.4, -0.2) is 14.2 Å². The van der Waals surface area contributed by atoms with Crippen LogP contribution >= 0.6 is 22.9 Å². The molecule has 0 spiro atoms. The fraction of sp³-hybridized carbons (Fsp3) is 0.286. The number of rotatable bonds is 4. The van der Waals surface area contributed by atoms with Crippen LogP contribution in [0, 0.1) is 0 Å². The van der Waals surface area contributed by atoms with Gasteiger partial charge in [0.2, 0.25) is 0 Å². The van der Waals surface area contributed by atoms with Gasteiger partial charge in [-0.1, -0.05) is 11.6 Å². The second-order valence-electron chi connectivity index (χ2n) is 4.06. The van der Waals surface area contributed by atoms with Crippen molar-refractivity contribution >= 4 is 22.9 Å². The molecule has 0 saturated carbocycles. The molecule has 1 atom stereocenters. The molecule has 0 aliphatic rings. The van der Waals surface area contributed by atoms with Crippen LogP contribution in [0.15, 0.2) is 30.3 Å². The van der Waals surface area contributed by atoms with Crippen molar-refractivity contribution in [3.05, 3.63) is 40.2 Å². The molecule has 0 amide bonds. The number of halogens is 1. The van der Waals surface area contributed by atoms with Crippen LogP contribution in [0.4, 0.5) is 0 Å². The molecule has 18 heavy (non-hydrogen) atoms. The van der Waals surface area contributed by atoms with Crippen LogP contribution in [-0.2, 0) is 0 Å². The van der Waals surface area contributed by atoms with E-state index in [1.165, 1.54) is 4.88 Å². The fourth-order valence-corrected chi connectivity index (χ4v) is 3.07. The maximum Gasteiger partial charge on any atom is 0.119 e. The van der Waals surface area contributed by atoms with E-state index >= 15 is 0 Å². The summed E-state index contributed by atoms with van der Waals surface area (Å²) >= 11 is 8.00. The smallest absolute Gasteiger partial charge is 0.119 e. The average Bonchev–Trinajstić information content (AvgIpc) is 2.88. The number of methoxy groups -OCH3 is 1. The first-order valence-corrected chi connectivity index (χ1v) is 6.96. The lowest BCUT2D eigenvalue weighted by molar-refractivity contribution is 0.415. The zero-order valence-electron chi connectivity index (χ0n) is 10.7. The number of hydrogen-bond donors (Lipinski definition) is 1. The summed E-state index contributed by atoms with van der Waals surface area (Å²) in [4.78, 5) is 2.46. The van der Waals surface area contributed by atoms with E-state index in [9.17, 15) is 0 Å². The molecule has 0 saturated heterocycles. The molecule has 1 N–H and O–H groups in total. The van der Waals surface area contributed by atoms with Crippen LogP contribution in [0.1, 0.15) is 17.8 Å². The number of benzene rings is 1. The third kappa shape index (κ3) is 2.69. The summed E-state index contributed by atoms with van der Waals surface area (Å²) in [6, 6.07) is 10.3. The Morgan fingerprint density at radius 3 is 2.72 bits per heavy atom. The van der Waals surface area contributed by atoms with Gasteiger partial charge >= 0.3 is 0 Å². The molecule has 1 heterocycles. The largest absolute Gasteiger partial charge is 0.497 e. The fourth-order valence-electron chi connectivity index (χ4n) is 1.69. The Kier molecular flexibility index (Phi) is 4.27. The lowest BCUT2D eigenvalue weighted by Crippen LogP contribution is -2.10. The second kappa shape index (κ2) is 5.74. The van der Waals surface area contributed by atoms with Crippen molar-refractivity contribution in [1.29, 1.82) is 0 Å². The van der Waals surface area contributed by atoms with Gasteiger partial charge in [-0.25, -0.2) is 0 Å². The lowest BCUT2D eigenvalue weighted by atomic mass is 10.2. The minimum Gasteiger partial charge on any atom is -0.497 e. The topological polar surface area (TPSA) is 21.3 Å². The van der Waals surface area contributed by atoms with Gasteiger partial charge in [0.15, 0.2) is 0 Å². The maximum atomic E-state index is 6.25. The third-order valence-corrected chi connectivity index (χ3v) is 4.56. The molecule has 0 aliphatic carbocycles. The number of thiophene rings is 1. The molecule has 2 nitrogen and oxygen atoms in total. The summed E-state index contributed by atoms with van der Waals surface area (Å²) in [5.41, 5.74) is 1.02. The highest BCUT2D eigenvalue weighted by Crippen LogP contribution is 2.37. The average molecular weight is 282 g/mol. The van der Waals surface area contributed by atoms with Gasteiger partial charge in [-0.05, 0) is 44.3 Å². The molecular formula is C14H16ClNOS. The van der Waals surface area contributed by atoms with E-state index in [1.807, 2.05) is 25.2 Å². The summed E-state index contributed by atoms with van der Waals surface area (Å²) in [5, 5.41) is 3.99. The molecule has 1 aromatic heterocycles. The van der Waals surface area contributed by atoms with Crippen LogP contribution in [0.5, 0.6) is 5.75 Å². The Bertz CT molecular complexity index is 538. The van der Waals surface area contributed by atoms with Crippen LogP contribution in [0.25, 0.3) is 10.4 Å². The van der Waals surface area contributed by atoms with E-state index < -0.39 is 0 Å². The summed E-state index contributed by atoms with van der Waals surface area (Å²) in [6.07, 6.45) is 0. The Labute approximate surface area is 117 Å². The van der Waals surface area contributed by atoms with Crippen LogP contribution in [0.2, 0.25) is 5.02 Å². The maximum absolute atomic E-state index is 6.25. The summed E-state index contributed by atoms with van der Waals surface area (Å²) in [5.74, 6) is 0.825. The normalized spacial score (nSPS) is 12.4. The quantitative estimate of drug-likeness (QED) is 0.899. The lowest BCUT2D eigenvalue weighted by Gasteiger charge is -2.07. The zero-order valence-corrected chi connectivity index (χ0v) is 12.2. The standard InChI is InChI=1S/C14H16ClNOS/c1-9(16-2)13-6-7-14(18-13)11-8-10(17-3)4-5-12(11)15/h4-9,16H,1-3H3. The molecule has 1 unspecified atom stereocenters. The van der Waals surface area contributed by atoms with E-state index in [2.05, 4.69) is 24.4 Å². The molecular weight excluding hydrogens is 266 g/mol. The van der Waals surface area contributed by atoms with E-state index in [4.69, 9.17) is 16.3 Å².